The highest BCUT2D eigenvalue weighted by Crippen LogP contribution is 2.11. The zero-order valence-electron chi connectivity index (χ0n) is 9.95. The van der Waals surface area contributed by atoms with E-state index in [1.807, 2.05) is 4.90 Å². The molecular weight excluding hydrogens is 192 g/mol. The van der Waals surface area contributed by atoms with Crippen LogP contribution in [0.3, 0.4) is 0 Å². The molecule has 4 nitrogen and oxygen atoms in total. The minimum atomic E-state index is 0.00982. The summed E-state index contributed by atoms with van der Waals surface area (Å²) in [5.41, 5.74) is 0. The number of carbonyl (C=O) groups excluding carboxylic acids is 1. The number of methoxy groups -OCH3 is 1. The third kappa shape index (κ3) is 3.80. The Hall–Kier alpha value is -0.610. The van der Waals surface area contributed by atoms with Crippen molar-refractivity contribution in [3.05, 3.63) is 0 Å². The lowest BCUT2D eigenvalue weighted by Crippen LogP contribution is -2.53. The number of carbonyl (C=O) groups is 1. The molecule has 4 heteroatoms. The van der Waals surface area contributed by atoms with Crippen molar-refractivity contribution in [1.29, 1.82) is 0 Å². The van der Waals surface area contributed by atoms with Gasteiger partial charge in [0.1, 0.15) is 0 Å². The minimum absolute atomic E-state index is 0.00982. The predicted molar refractivity (Wildman–Crippen MR) is 59.7 cm³/mol. The van der Waals surface area contributed by atoms with Crippen LogP contribution in [0.4, 0.5) is 0 Å². The smallest absolute Gasteiger partial charge is 0.239 e. The van der Waals surface area contributed by atoms with Gasteiger partial charge >= 0.3 is 0 Å². The number of rotatable bonds is 5. The van der Waals surface area contributed by atoms with Crippen LogP contribution in [0.5, 0.6) is 0 Å². The Kier molecular flexibility index (Phi) is 5.05. The van der Waals surface area contributed by atoms with Gasteiger partial charge in [-0.2, -0.15) is 0 Å². The summed E-state index contributed by atoms with van der Waals surface area (Å²) in [4.78, 5) is 13.9. The van der Waals surface area contributed by atoms with E-state index in [1.165, 1.54) is 0 Å². The second-order valence-corrected chi connectivity index (χ2v) is 4.33. The maximum absolute atomic E-state index is 12.0. The highest BCUT2D eigenvalue weighted by atomic mass is 16.5. The van der Waals surface area contributed by atoms with E-state index in [1.54, 1.807) is 7.11 Å². The molecule has 15 heavy (non-hydrogen) atoms. The first-order valence-corrected chi connectivity index (χ1v) is 5.69. The van der Waals surface area contributed by atoms with E-state index >= 15 is 0 Å². The van der Waals surface area contributed by atoms with Crippen molar-refractivity contribution in [2.24, 2.45) is 0 Å². The molecule has 0 spiro atoms. The first kappa shape index (κ1) is 12.5. The first-order chi connectivity index (χ1) is 7.15. The predicted octanol–water partition coefficient (Wildman–Crippen LogP) is 0.622. The van der Waals surface area contributed by atoms with E-state index in [9.17, 15) is 4.79 Å². The van der Waals surface area contributed by atoms with Crippen molar-refractivity contribution in [2.75, 3.05) is 26.8 Å². The van der Waals surface area contributed by atoms with Crippen molar-refractivity contribution < 1.29 is 9.53 Å². The van der Waals surface area contributed by atoms with Gasteiger partial charge in [0.2, 0.25) is 5.91 Å². The second-order valence-electron chi connectivity index (χ2n) is 4.33. The van der Waals surface area contributed by atoms with Gasteiger partial charge < -0.3 is 15.0 Å². The van der Waals surface area contributed by atoms with Gasteiger partial charge in [0, 0.05) is 26.2 Å². The summed E-state index contributed by atoms with van der Waals surface area (Å²) in [6.45, 7) is 6.35. The van der Waals surface area contributed by atoms with E-state index in [0.717, 1.165) is 19.4 Å². The molecule has 0 radical (unpaired) electrons. The molecule has 0 aromatic carbocycles. The number of ether oxygens (including phenoxy) is 1. The Morgan fingerprint density at radius 1 is 1.60 bits per heavy atom. The van der Waals surface area contributed by atoms with Crippen molar-refractivity contribution in [3.8, 4) is 0 Å². The van der Waals surface area contributed by atoms with Gasteiger partial charge in [-0.15, -0.1) is 0 Å². The van der Waals surface area contributed by atoms with Crippen LogP contribution in [0, 0.1) is 0 Å². The van der Waals surface area contributed by atoms with Crippen LogP contribution >= 0.6 is 0 Å². The Labute approximate surface area is 92.0 Å². The number of nitrogens with zero attached hydrogens (tertiary/aromatic N) is 1. The average Bonchev–Trinajstić information content (AvgIpc) is 2.19. The summed E-state index contributed by atoms with van der Waals surface area (Å²) >= 11 is 0. The number of nitrogens with one attached hydrogen (secondary N) is 1. The molecule has 0 aromatic rings. The number of amides is 1. The van der Waals surface area contributed by atoms with E-state index in [4.69, 9.17) is 4.74 Å². The van der Waals surface area contributed by atoms with Gasteiger partial charge in [-0.05, 0) is 12.8 Å². The fourth-order valence-corrected chi connectivity index (χ4v) is 1.92. The van der Waals surface area contributed by atoms with Gasteiger partial charge in [0.15, 0.2) is 0 Å². The zero-order chi connectivity index (χ0) is 11.3. The van der Waals surface area contributed by atoms with E-state index in [0.29, 0.717) is 19.2 Å². The minimum Gasteiger partial charge on any atom is -0.383 e. The number of hydrogen-bond acceptors (Lipinski definition) is 3. The zero-order valence-corrected chi connectivity index (χ0v) is 9.95. The molecule has 1 unspecified atom stereocenters. The van der Waals surface area contributed by atoms with Crippen molar-refractivity contribution in [1.82, 2.24) is 10.2 Å². The summed E-state index contributed by atoms with van der Waals surface area (Å²) in [7, 11) is 1.66. The Balaban J connectivity index is 2.43. The summed E-state index contributed by atoms with van der Waals surface area (Å²) in [5.74, 6) is 0.229. The molecule has 0 bridgehead atoms. The topological polar surface area (TPSA) is 41.6 Å². The van der Waals surface area contributed by atoms with Crippen LogP contribution in [-0.4, -0.2) is 49.7 Å². The fraction of sp³-hybridized carbons (Fsp3) is 0.909. The van der Waals surface area contributed by atoms with Gasteiger partial charge in [-0.1, -0.05) is 13.8 Å². The highest BCUT2D eigenvalue weighted by Gasteiger charge is 2.28. The molecule has 1 amide bonds. The quantitative estimate of drug-likeness (QED) is 0.729. The molecular formula is C11H22N2O2. The van der Waals surface area contributed by atoms with Crippen LogP contribution < -0.4 is 5.32 Å². The van der Waals surface area contributed by atoms with Crippen LogP contribution in [0.25, 0.3) is 0 Å². The van der Waals surface area contributed by atoms with E-state index in [2.05, 4.69) is 19.2 Å². The monoisotopic (exact) mass is 214 g/mol. The molecule has 0 aromatic heterocycles. The van der Waals surface area contributed by atoms with Crippen LogP contribution in [0.15, 0.2) is 0 Å². The largest absolute Gasteiger partial charge is 0.383 e. The Morgan fingerprint density at radius 2 is 2.33 bits per heavy atom. The van der Waals surface area contributed by atoms with Gasteiger partial charge in [0.05, 0.1) is 12.6 Å². The Morgan fingerprint density at radius 3 is 2.93 bits per heavy atom. The lowest BCUT2D eigenvalue weighted by molar-refractivity contribution is -0.136. The normalized spacial score (nSPS) is 22.5. The summed E-state index contributed by atoms with van der Waals surface area (Å²) in [5, 5.41) is 3.31. The standard InChI is InChI=1S/C11H22N2O2/c1-9(2)12-10-5-4-6-13(11(10)14)7-8-15-3/h9-10,12H,4-8H2,1-3H3. The molecule has 1 aliphatic rings. The SMILES string of the molecule is COCCN1CCCC(NC(C)C)C1=O. The summed E-state index contributed by atoms with van der Waals surface area (Å²) in [6.07, 6.45) is 2.04. The Bertz CT molecular complexity index is 207. The molecule has 1 aliphatic heterocycles. The molecule has 1 N–H and O–H groups in total. The second kappa shape index (κ2) is 6.08. The maximum atomic E-state index is 12.0. The summed E-state index contributed by atoms with van der Waals surface area (Å²) < 4.78 is 4.99. The molecule has 1 rings (SSSR count). The van der Waals surface area contributed by atoms with Crippen LogP contribution in [0.2, 0.25) is 0 Å². The molecule has 1 heterocycles. The molecule has 1 fully saturated rings. The lowest BCUT2D eigenvalue weighted by Gasteiger charge is -2.33. The van der Waals surface area contributed by atoms with E-state index < -0.39 is 0 Å². The number of piperidine rings is 1. The van der Waals surface area contributed by atoms with Crippen molar-refractivity contribution in [2.45, 2.75) is 38.8 Å². The van der Waals surface area contributed by atoms with Gasteiger partial charge in [-0.25, -0.2) is 0 Å². The van der Waals surface area contributed by atoms with Crippen LogP contribution in [0.1, 0.15) is 26.7 Å². The molecule has 1 saturated heterocycles. The summed E-state index contributed by atoms with van der Waals surface area (Å²) in [6, 6.07) is 0.372. The lowest BCUT2D eigenvalue weighted by atomic mass is 10.0. The maximum Gasteiger partial charge on any atom is 0.239 e. The third-order valence-corrected chi connectivity index (χ3v) is 2.63. The number of likely N-dealkylation sites (tertiary alicyclic amines) is 1. The molecule has 88 valence electrons. The fourth-order valence-electron chi connectivity index (χ4n) is 1.92. The van der Waals surface area contributed by atoms with Gasteiger partial charge in [-0.3, -0.25) is 4.79 Å². The average molecular weight is 214 g/mol. The molecule has 1 atom stereocenters. The van der Waals surface area contributed by atoms with Gasteiger partial charge in [0.25, 0.3) is 0 Å². The first-order valence-electron chi connectivity index (χ1n) is 5.69. The third-order valence-electron chi connectivity index (χ3n) is 2.63. The van der Waals surface area contributed by atoms with Crippen molar-refractivity contribution >= 4 is 5.91 Å². The van der Waals surface area contributed by atoms with E-state index in [-0.39, 0.29) is 11.9 Å². The van der Waals surface area contributed by atoms with Crippen molar-refractivity contribution in [3.63, 3.8) is 0 Å². The molecule has 0 saturated carbocycles. The van der Waals surface area contributed by atoms with Crippen LogP contribution in [-0.2, 0) is 9.53 Å². The molecule has 0 aliphatic carbocycles. The number of hydrogen-bond donors (Lipinski definition) is 1. The highest BCUT2D eigenvalue weighted by molar-refractivity contribution is 5.82.